The maximum atomic E-state index is 12.9. The Kier molecular flexibility index (Phi) is 5.40. The predicted molar refractivity (Wildman–Crippen MR) is 100 cm³/mol. The third kappa shape index (κ3) is 3.79. The summed E-state index contributed by atoms with van der Waals surface area (Å²) in [6.45, 7) is 7.74. The van der Waals surface area contributed by atoms with Crippen molar-refractivity contribution in [1.82, 2.24) is 20.4 Å². The number of hydrogen-bond acceptors (Lipinski definition) is 3. The van der Waals surface area contributed by atoms with Gasteiger partial charge in [0.15, 0.2) is 5.69 Å². The van der Waals surface area contributed by atoms with E-state index >= 15 is 0 Å². The van der Waals surface area contributed by atoms with Crippen LogP contribution >= 0.6 is 0 Å². The van der Waals surface area contributed by atoms with E-state index in [2.05, 4.69) is 28.5 Å². The number of aryl methyl sites for hydroxylation is 2. The Labute approximate surface area is 154 Å². The van der Waals surface area contributed by atoms with Crippen LogP contribution in [0.15, 0.2) is 18.2 Å². The van der Waals surface area contributed by atoms with Gasteiger partial charge < -0.3 is 10.2 Å². The van der Waals surface area contributed by atoms with Crippen LogP contribution in [0.4, 0.5) is 0 Å². The van der Waals surface area contributed by atoms with Gasteiger partial charge in [-0.2, -0.15) is 5.10 Å². The first kappa shape index (κ1) is 18.2. The fraction of sp³-hybridized carbons (Fsp3) is 0.450. The van der Waals surface area contributed by atoms with Gasteiger partial charge in [0.2, 0.25) is 0 Å². The molecule has 1 aliphatic heterocycles. The molecule has 1 aromatic heterocycles. The summed E-state index contributed by atoms with van der Waals surface area (Å²) in [6.07, 6.45) is 2.65. The van der Waals surface area contributed by atoms with Crippen molar-refractivity contribution in [2.45, 2.75) is 46.6 Å². The van der Waals surface area contributed by atoms with E-state index < -0.39 is 0 Å². The molecule has 3 rings (SSSR count). The second-order valence-electron chi connectivity index (χ2n) is 6.99. The van der Waals surface area contributed by atoms with E-state index in [4.69, 9.17) is 0 Å². The van der Waals surface area contributed by atoms with Crippen LogP contribution in [0.1, 0.15) is 63.0 Å². The zero-order valence-corrected chi connectivity index (χ0v) is 15.7. The van der Waals surface area contributed by atoms with Crippen molar-refractivity contribution in [3.8, 4) is 0 Å². The number of nitrogens with one attached hydrogen (secondary N) is 2. The number of amides is 2. The van der Waals surface area contributed by atoms with Crippen molar-refractivity contribution in [2.24, 2.45) is 0 Å². The lowest BCUT2D eigenvalue weighted by Crippen LogP contribution is -2.37. The number of aromatic amines is 1. The fourth-order valence-electron chi connectivity index (χ4n) is 3.40. The van der Waals surface area contributed by atoms with Crippen LogP contribution < -0.4 is 5.32 Å². The topological polar surface area (TPSA) is 78.1 Å². The van der Waals surface area contributed by atoms with Crippen LogP contribution in [0, 0.1) is 13.8 Å². The lowest BCUT2D eigenvalue weighted by atomic mass is 10.0. The molecule has 0 fully saturated rings. The SMILES string of the molecule is CCCCNC(=O)c1n[nH]c2c1CN(C(=O)c1cc(C)cc(C)c1)CC2. The number of rotatable bonds is 5. The lowest BCUT2D eigenvalue weighted by Gasteiger charge is -2.27. The molecule has 6 nitrogen and oxygen atoms in total. The van der Waals surface area contributed by atoms with E-state index in [0.29, 0.717) is 37.3 Å². The highest BCUT2D eigenvalue weighted by atomic mass is 16.2. The Balaban J connectivity index is 1.77. The molecular formula is C20H26N4O2. The van der Waals surface area contributed by atoms with Crippen molar-refractivity contribution in [3.05, 3.63) is 51.8 Å². The number of H-pyrrole nitrogens is 1. The van der Waals surface area contributed by atoms with Crippen molar-refractivity contribution in [1.29, 1.82) is 0 Å². The Morgan fingerprint density at radius 2 is 1.96 bits per heavy atom. The monoisotopic (exact) mass is 354 g/mol. The fourth-order valence-corrected chi connectivity index (χ4v) is 3.40. The Morgan fingerprint density at radius 1 is 1.23 bits per heavy atom. The molecule has 6 heteroatoms. The second kappa shape index (κ2) is 7.72. The van der Waals surface area contributed by atoms with Gasteiger partial charge in [0.25, 0.3) is 11.8 Å². The lowest BCUT2D eigenvalue weighted by molar-refractivity contribution is 0.0731. The molecule has 0 atom stereocenters. The molecule has 2 amide bonds. The largest absolute Gasteiger partial charge is 0.351 e. The normalized spacial score (nSPS) is 13.4. The molecule has 1 aromatic carbocycles. The van der Waals surface area contributed by atoms with Crippen LogP contribution in [0.3, 0.4) is 0 Å². The van der Waals surface area contributed by atoms with E-state index in [9.17, 15) is 9.59 Å². The van der Waals surface area contributed by atoms with Gasteiger partial charge in [-0.15, -0.1) is 0 Å². The molecule has 2 aromatic rings. The highest BCUT2D eigenvalue weighted by molar-refractivity contribution is 5.96. The maximum Gasteiger partial charge on any atom is 0.272 e. The number of aromatic nitrogens is 2. The first-order chi connectivity index (χ1) is 12.5. The summed E-state index contributed by atoms with van der Waals surface area (Å²) in [5.74, 6) is -0.169. The Bertz CT molecular complexity index is 805. The van der Waals surface area contributed by atoms with Gasteiger partial charge in [0.1, 0.15) is 0 Å². The summed E-state index contributed by atoms with van der Waals surface area (Å²) in [4.78, 5) is 27.1. The Morgan fingerprint density at radius 3 is 2.65 bits per heavy atom. The molecule has 2 heterocycles. The van der Waals surface area contributed by atoms with Crippen LogP contribution in [0.5, 0.6) is 0 Å². The minimum Gasteiger partial charge on any atom is -0.351 e. The van der Waals surface area contributed by atoms with E-state index in [1.165, 1.54) is 0 Å². The predicted octanol–water partition coefficient (Wildman–Crippen LogP) is 2.75. The van der Waals surface area contributed by atoms with Gasteiger partial charge in [-0.05, 0) is 32.4 Å². The van der Waals surface area contributed by atoms with Crippen molar-refractivity contribution in [2.75, 3.05) is 13.1 Å². The molecule has 0 bridgehead atoms. The average molecular weight is 354 g/mol. The molecule has 0 unspecified atom stereocenters. The summed E-state index contributed by atoms with van der Waals surface area (Å²) >= 11 is 0. The van der Waals surface area contributed by atoms with E-state index in [1.807, 2.05) is 26.0 Å². The van der Waals surface area contributed by atoms with Gasteiger partial charge in [-0.3, -0.25) is 14.7 Å². The number of hydrogen-bond donors (Lipinski definition) is 2. The summed E-state index contributed by atoms with van der Waals surface area (Å²) in [5, 5.41) is 10.1. The number of carbonyl (C=O) groups excluding carboxylic acids is 2. The third-order valence-electron chi connectivity index (χ3n) is 4.72. The number of unbranched alkanes of at least 4 members (excludes halogenated alkanes) is 1. The molecule has 0 saturated carbocycles. The molecule has 0 radical (unpaired) electrons. The molecular weight excluding hydrogens is 328 g/mol. The smallest absolute Gasteiger partial charge is 0.272 e. The van der Waals surface area contributed by atoms with Crippen LogP contribution in [-0.2, 0) is 13.0 Å². The summed E-state index contributed by atoms with van der Waals surface area (Å²) in [5.41, 5.74) is 5.05. The highest BCUT2D eigenvalue weighted by Crippen LogP contribution is 2.22. The molecule has 0 aliphatic carbocycles. The first-order valence-corrected chi connectivity index (χ1v) is 9.21. The van der Waals surface area contributed by atoms with E-state index in [0.717, 1.165) is 35.2 Å². The van der Waals surface area contributed by atoms with Gasteiger partial charge in [0, 0.05) is 36.3 Å². The van der Waals surface area contributed by atoms with Crippen molar-refractivity contribution in [3.63, 3.8) is 0 Å². The number of benzene rings is 1. The van der Waals surface area contributed by atoms with Gasteiger partial charge >= 0.3 is 0 Å². The maximum absolute atomic E-state index is 12.9. The number of carbonyl (C=O) groups is 2. The van der Waals surface area contributed by atoms with Crippen molar-refractivity contribution < 1.29 is 9.59 Å². The minimum absolute atomic E-state index is 0.000918. The van der Waals surface area contributed by atoms with Gasteiger partial charge in [-0.25, -0.2) is 0 Å². The Hall–Kier alpha value is -2.63. The third-order valence-corrected chi connectivity index (χ3v) is 4.72. The zero-order chi connectivity index (χ0) is 18.7. The standard InChI is InChI=1S/C20H26N4O2/c1-4-5-7-21-19(25)18-16-12-24(8-6-17(16)22-23-18)20(26)15-10-13(2)9-14(3)11-15/h9-11H,4-8,12H2,1-3H3,(H,21,25)(H,22,23). The molecule has 26 heavy (non-hydrogen) atoms. The van der Waals surface area contributed by atoms with Crippen LogP contribution in [0.2, 0.25) is 0 Å². The summed E-state index contributed by atoms with van der Waals surface area (Å²) in [7, 11) is 0. The summed E-state index contributed by atoms with van der Waals surface area (Å²) in [6, 6.07) is 5.89. The molecule has 0 spiro atoms. The molecule has 2 N–H and O–H groups in total. The number of fused-ring (bicyclic) bond motifs is 1. The quantitative estimate of drug-likeness (QED) is 0.811. The van der Waals surface area contributed by atoms with Crippen LogP contribution in [-0.4, -0.2) is 40.0 Å². The minimum atomic E-state index is -0.170. The number of nitrogens with zero attached hydrogens (tertiary/aromatic N) is 2. The van der Waals surface area contributed by atoms with Crippen molar-refractivity contribution >= 4 is 11.8 Å². The first-order valence-electron chi connectivity index (χ1n) is 9.21. The summed E-state index contributed by atoms with van der Waals surface area (Å²) < 4.78 is 0. The highest BCUT2D eigenvalue weighted by Gasteiger charge is 2.28. The second-order valence-corrected chi connectivity index (χ2v) is 6.99. The zero-order valence-electron chi connectivity index (χ0n) is 15.7. The van der Waals surface area contributed by atoms with Crippen LogP contribution in [0.25, 0.3) is 0 Å². The van der Waals surface area contributed by atoms with Gasteiger partial charge in [0.05, 0.1) is 6.54 Å². The average Bonchev–Trinajstić information content (AvgIpc) is 3.03. The van der Waals surface area contributed by atoms with Gasteiger partial charge in [-0.1, -0.05) is 30.5 Å². The van der Waals surface area contributed by atoms with E-state index in [1.54, 1.807) is 4.90 Å². The molecule has 138 valence electrons. The van der Waals surface area contributed by atoms with E-state index in [-0.39, 0.29) is 11.8 Å². The molecule has 1 aliphatic rings. The molecule has 0 saturated heterocycles.